The van der Waals surface area contributed by atoms with Crippen LogP contribution in [0.15, 0.2) is 54.9 Å². The van der Waals surface area contributed by atoms with Gasteiger partial charge in [0.1, 0.15) is 6.33 Å². The monoisotopic (exact) mass is 416 g/mol. The van der Waals surface area contributed by atoms with E-state index in [1.807, 2.05) is 54.3 Å². The lowest BCUT2D eigenvalue weighted by atomic mass is 9.76. The van der Waals surface area contributed by atoms with Crippen LogP contribution in [0.4, 0.5) is 0 Å². The van der Waals surface area contributed by atoms with Crippen molar-refractivity contribution in [2.75, 3.05) is 13.1 Å². The number of hydrogen-bond acceptors (Lipinski definition) is 6. The molecule has 0 spiro atoms. The number of nitrogens with zero attached hydrogens (tertiary/aromatic N) is 6. The van der Waals surface area contributed by atoms with E-state index in [4.69, 9.17) is 5.26 Å². The highest BCUT2D eigenvalue weighted by Crippen LogP contribution is 2.36. The first-order valence-corrected chi connectivity index (χ1v) is 10.3. The Hall–Kier alpha value is -3.57. The second kappa shape index (κ2) is 8.66. The highest BCUT2D eigenvalue weighted by atomic mass is 16.3. The van der Waals surface area contributed by atoms with Crippen molar-refractivity contribution < 1.29 is 9.90 Å². The number of aromatic nitrogens is 4. The SMILES string of the molecule is CC(c1cccc(C#N)c1)C1(O)CCN(C(=O)Cc2ccc(-n3cnnn3)cc2)CC1. The predicted octanol–water partition coefficient (Wildman–Crippen LogP) is 2.23. The quantitative estimate of drug-likeness (QED) is 0.683. The van der Waals surface area contributed by atoms with Gasteiger partial charge in [-0.3, -0.25) is 4.79 Å². The van der Waals surface area contributed by atoms with Gasteiger partial charge in [-0.05, 0) is 58.7 Å². The molecular formula is C23H24N6O2. The molecule has 1 aliphatic rings. The van der Waals surface area contributed by atoms with Crippen LogP contribution in [-0.2, 0) is 11.2 Å². The summed E-state index contributed by atoms with van der Waals surface area (Å²) in [5.41, 5.74) is 2.40. The number of benzene rings is 2. The average Bonchev–Trinajstić information content (AvgIpc) is 3.34. The summed E-state index contributed by atoms with van der Waals surface area (Å²) in [6.45, 7) is 3.01. The van der Waals surface area contributed by atoms with Gasteiger partial charge in [-0.2, -0.15) is 5.26 Å². The minimum atomic E-state index is -0.891. The molecule has 1 aliphatic heterocycles. The first kappa shape index (κ1) is 20.7. The molecule has 1 N–H and O–H groups in total. The molecule has 1 unspecified atom stereocenters. The first-order valence-electron chi connectivity index (χ1n) is 10.3. The van der Waals surface area contributed by atoms with Gasteiger partial charge < -0.3 is 10.0 Å². The molecule has 1 amide bonds. The largest absolute Gasteiger partial charge is 0.389 e. The predicted molar refractivity (Wildman–Crippen MR) is 113 cm³/mol. The summed E-state index contributed by atoms with van der Waals surface area (Å²) in [7, 11) is 0. The Morgan fingerprint density at radius 3 is 2.61 bits per heavy atom. The summed E-state index contributed by atoms with van der Waals surface area (Å²) in [6.07, 6.45) is 2.85. The Bertz CT molecular complexity index is 1080. The maximum absolute atomic E-state index is 12.8. The zero-order chi connectivity index (χ0) is 21.8. The Morgan fingerprint density at radius 1 is 1.23 bits per heavy atom. The Morgan fingerprint density at radius 2 is 1.97 bits per heavy atom. The highest BCUT2D eigenvalue weighted by Gasteiger charge is 2.39. The molecule has 0 radical (unpaired) electrons. The zero-order valence-corrected chi connectivity index (χ0v) is 17.3. The molecule has 2 aromatic carbocycles. The molecule has 0 bridgehead atoms. The van der Waals surface area contributed by atoms with Gasteiger partial charge in [0.25, 0.3) is 0 Å². The fourth-order valence-corrected chi connectivity index (χ4v) is 4.10. The number of piperidine rings is 1. The lowest BCUT2D eigenvalue weighted by Gasteiger charge is -2.42. The van der Waals surface area contributed by atoms with Crippen LogP contribution in [0.5, 0.6) is 0 Å². The third-order valence-corrected chi connectivity index (χ3v) is 6.21. The minimum absolute atomic E-state index is 0.0522. The number of amides is 1. The molecule has 1 aromatic heterocycles. The van der Waals surface area contributed by atoms with E-state index < -0.39 is 5.60 Å². The smallest absolute Gasteiger partial charge is 0.226 e. The number of hydrogen-bond donors (Lipinski definition) is 1. The number of nitriles is 1. The van der Waals surface area contributed by atoms with Gasteiger partial charge in [-0.15, -0.1) is 5.10 Å². The summed E-state index contributed by atoms with van der Waals surface area (Å²) in [6, 6.07) is 17.1. The van der Waals surface area contributed by atoms with Crippen LogP contribution < -0.4 is 0 Å². The second-order valence-corrected chi connectivity index (χ2v) is 8.04. The van der Waals surface area contributed by atoms with Crippen molar-refractivity contribution in [2.24, 2.45) is 0 Å². The molecule has 1 saturated heterocycles. The number of likely N-dealkylation sites (tertiary alicyclic amines) is 1. The molecule has 158 valence electrons. The third kappa shape index (κ3) is 4.47. The van der Waals surface area contributed by atoms with Gasteiger partial charge in [-0.1, -0.05) is 31.2 Å². The van der Waals surface area contributed by atoms with Crippen molar-refractivity contribution in [1.29, 1.82) is 5.26 Å². The Kier molecular flexibility index (Phi) is 5.78. The van der Waals surface area contributed by atoms with Crippen molar-refractivity contribution in [3.05, 3.63) is 71.5 Å². The molecule has 1 fully saturated rings. The van der Waals surface area contributed by atoms with Crippen LogP contribution in [0.3, 0.4) is 0 Å². The number of aliphatic hydroxyl groups is 1. The molecule has 8 nitrogen and oxygen atoms in total. The van der Waals surface area contributed by atoms with Crippen LogP contribution in [0, 0.1) is 11.3 Å². The first-order chi connectivity index (χ1) is 15.0. The third-order valence-electron chi connectivity index (χ3n) is 6.21. The van der Waals surface area contributed by atoms with Crippen LogP contribution in [0.2, 0.25) is 0 Å². The molecule has 2 heterocycles. The van der Waals surface area contributed by atoms with Crippen LogP contribution >= 0.6 is 0 Å². The van der Waals surface area contributed by atoms with E-state index in [2.05, 4.69) is 21.6 Å². The lowest BCUT2D eigenvalue weighted by molar-refractivity contribution is -0.135. The lowest BCUT2D eigenvalue weighted by Crippen LogP contribution is -2.49. The maximum Gasteiger partial charge on any atom is 0.226 e. The fourth-order valence-electron chi connectivity index (χ4n) is 4.10. The topological polar surface area (TPSA) is 108 Å². The van der Waals surface area contributed by atoms with Crippen LogP contribution in [-0.4, -0.2) is 54.8 Å². The van der Waals surface area contributed by atoms with Crippen molar-refractivity contribution in [3.8, 4) is 11.8 Å². The summed E-state index contributed by atoms with van der Waals surface area (Å²) in [5.74, 6) is -0.0618. The summed E-state index contributed by atoms with van der Waals surface area (Å²) >= 11 is 0. The van der Waals surface area contributed by atoms with E-state index in [9.17, 15) is 9.90 Å². The number of carbonyl (C=O) groups excluding carboxylic acids is 1. The van der Waals surface area contributed by atoms with Crippen molar-refractivity contribution in [3.63, 3.8) is 0 Å². The maximum atomic E-state index is 12.8. The van der Waals surface area contributed by atoms with Gasteiger partial charge in [0.15, 0.2) is 0 Å². The second-order valence-electron chi connectivity index (χ2n) is 8.04. The standard InChI is InChI=1S/C23H24N6O2/c1-17(20-4-2-3-19(13-20)15-24)23(31)9-11-28(12-10-23)22(30)14-18-5-7-21(8-6-18)29-16-25-26-27-29/h2-8,13,16-17,31H,9-12,14H2,1H3. The zero-order valence-electron chi connectivity index (χ0n) is 17.3. The summed E-state index contributed by atoms with van der Waals surface area (Å²) in [5, 5.41) is 31.4. The average molecular weight is 416 g/mol. The van der Waals surface area contributed by atoms with E-state index in [0.29, 0.717) is 37.9 Å². The Labute approximate surface area is 180 Å². The molecule has 8 heteroatoms. The number of carbonyl (C=O) groups is 1. The number of tetrazole rings is 1. The van der Waals surface area contributed by atoms with E-state index in [1.165, 1.54) is 6.33 Å². The molecule has 0 aliphatic carbocycles. The summed E-state index contributed by atoms with van der Waals surface area (Å²) in [4.78, 5) is 14.6. The highest BCUT2D eigenvalue weighted by molar-refractivity contribution is 5.79. The molecule has 1 atom stereocenters. The van der Waals surface area contributed by atoms with Crippen molar-refractivity contribution in [2.45, 2.75) is 37.7 Å². The molecule has 4 rings (SSSR count). The fraction of sp³-hybridized carbons (Fsp3) is 0.348. The van der Waals surface area contributed by atoms with E-state index in [0.717, 1.165) is 16.8 Å². The van der Waals surface area contributed by atoms with Gasteiger partial charge in [0, 0.05) is 19.0 Å². The minimum Gasteiger partial charge on any atom is -0.389 e. The van der Waals surface area contributed by atoms with E-state index in [-0.39, 0.29) is 11.8 Å². The van der Waals surface area contributed by atoms with Gasteiger partial charge in [0.05, 0.1) is 29.3 Å². The van der Waals surface area contributed by atoms with Crippen LogP contribution in [0.1, 0.15) is 42.4 Å². The van der Waals surface area contributed by atoms with Gasteiger partial charge >= 0.3 is 0 Å². The van der Waals surface area contributed by atoms with E-state index in [1.54, 1.807) is 10.7 Å². The normalized spacial score (nSPS) is 16.5. The van der Waals surface area contributed by atoms with Crippen molar-refractivity contribution >= 4 is 5.91 Å². The number of rotatable bonds is 5. The van der Waals surface area contributed by atoms with Gasteiger partial charge in [-0.25, -0.2) is 4.68 Å². The van der Waals surface area contributed by atoms with E-state index >= 15 is 0 Å². The van der Waals surface area contributed by atoms with Gasteiger partial charge in [0.2, 0.25) is 5.91 Å². The van der Waals surface area contributed by atoms with Crippen molar-refractivity contribution in [1.82, 2.24) is 25.1 Å². The Balaban J connectivity index is 1.35. The summed E-state index contributed by atoms with van der Waals surface area (Å²) < 4.78 is 1.56. The molecular weight excluding hydrogens is 392 g/mol. The molecule has 3 aromatic rings. The molecule has 0 saturated carbocycles. The van der Waals surface area contributed by atoms with Crippen LogP contribution in [0.25, 0.3) is 5.69 Å². The molecule has 31 heavy (non-hydrogen) atoms.